The molecule has 0 heterocycles. The molecule has 1 amide bonds. The van der Waals surface area contributed by atoms with E-state index in [9.17, 15) is 14.9 Å². The predicted octanol–water partition coefficient (Wildman–Crippen LogP) is 4.20. The number of carbonyl (C=O) groups is 1. The number of hydrogen-bond donors (Lipinski definition) is 0. The van der Waals surface area contributed by atoms with Crippen LogP contribution in [0.1, 0.15) is 11.1 Å². The van der Waals surface area contributed by atoms with Gasteiger partial charge in [0.15, 0.2) is 12.4 Å². The summed E-state index contributed by atoms with van der Waals surface area (Å²) in [5.74, 6) is -0.161. The van der Waals surface area contributed by atoms with Crippen molar-refractivity contribution in [3.63, 3.8) is 0 Å². The smallest absolute Gasteiger partial charge is 0.310 e. The summed E-state index contributed by atoms with van der Waals surface area (Å²) in [5.41, 5.74) is 1.84. The van der Waals surface area contributed by atoms with Gasteiger partial charge in [0.25, 0.3) is 5.91 Å². The largest absolute Gasteiger partial charge is 0.477 e. The van der Waals surface area contributed by atoms with Gasteiger partial charge in [0.1, 0.15) is 0 Å². The first-order chi connectivity index (χ1) is 13.6. The molecule has 6 heteroatoms. The van der Waals surface area contributed by atoms with Gasteiger partial charge in [0.2, 0.25) is 0 Å². The van der Waals surface area contributed by atoms with Crippen LogP contribution in [0.3, 0.4) is 0 Å². The lowest BCUT2D eigenvalue weighted by molar-refractivity contribution is -0.385. The summed E-state index contributed by atoms with van der Waals surface area (Å²) in [6.07, 6.45) is 0. The van der Waals surface area contributed by atoms with E-state index in [1.54, 1.807) is 17.0 Å². The highest BCUT2D eigenvalue weighted by Crippen LogP contribution is 2.25. The number of rotatable bonds is 8. The zero-order chi connectivity index (χ0) is 19.8. The third-order valence-electron chi connectivity index (χ3n) is 4.20. The van der Waals surface area contributed by atoms with Gasteiger partial charge in [-0.2, -0.15) is 0 Å². The van der Waals surface area contributed by atoms with Crippen LogP contribution in [0.15, 0.2) is 84.9 Å². The second-order valence-electron chi connectivity index (χ2n) is 6.23. The molecule has 0 saturated heterocycles. The van der Waals surface area contributed by atoms with E-state index < -0.39 is 4.92 Å². The fraction of sp³-hybridized carbons (Fsp3) is 0.136. The summed E-state index contributed by atoms with van der Waals surface area (Å²) in [7, 11) is 0. The molecule has 0 N–H and O–H groups in total. The number of hydrogen-bond acceptors (Lipinski definition) is 4. The minimum absolute atomic E-state index is 0.0835. The number of nitrogens with zero attached hydrogens (tertiary/aromatic N) is 2. The Morgan fingerprint density at radius 3 is 1.86 bits per heavy atom. The topological polar surface area (TPSA) is 72.7 Å². The Balaban J connectivity index is 1.73. The van der Waals surface area contributed by atoms with Crippen LogP contribution in [0.2, 0.25) is 0 Å². The first kappa shape index (κ1) is 19.1. The molecule has 3 aromatic rings. The number of ether oxygens (including phenoxy) is 1. The lowest BCUT2D eigenvalue weighted by atomic mass is 10.1. The van der Waals surface area contributed by atoms with Crippen LogP contribution >= 0.6 is 0 Å². The molecule has 3 rings (SSSR count). The Bertz CT molecular complexity index is 888. The zero-order valence-electron chi connectivity index (χ0n) is 15.2. The van der Waals surface area contributed by atoms with E-state index in [0.717, 1.165) is 11.1 Å². The first-order valence-corrected chi connectivity index (χ1v) is 8.85. The highest BCUT2D eigenvalue weighted by molar-refractivity contribution is 5.78. The van der Waals surface area contributed by atoms with Gasteiger partial charge in [-0.05, 0) is 17.2 Å². The number of para-hydroxylation sites is 2. The van der Waals surface area contributed by atoms with E-state index in [4.69, 9.17) is 4.74 Å². The molecule has 0 radical (unpaired) electrons. The summed E-state index contributed by atoms with van der Waals surface area (Å²) in [4.78, 5) is 25.1. The van der Waals surface area contributed by atoms with Crippen molar-refractivity contribution in [1.82, 2.24) is 4.90 Å². The van der Waals surface area contributed by atoms with Crippen LogP contribution in [0.5, 0.6) is 5.75 Å². The highest BCUT2D eigenvalue weighted by Gasteiger charge is 2.19. The average Bonchev–Trinajstić information content (AvgIpc) is 2.73. The van der Waals surface area contributed by atoms with Gasteiger partial charge < -0.3 is 9.64 Å². The highest BCUT2D eigenvalue weighted by atomic mass is 16.6. The Morgan fingerprint density at radius 1 is 0.821 bits per heavy atom. The lowest BCUT2D eigenvalue weighted by Gasteiger charge is -2.23. The molecule has 0 aliphatic heterocycles. The van der Waals surface area contributed by atoms with E-state index in [-0.39, 0.29) is 24.0 Å². The van der Waals surface area contributed by atoms with Gasteiger partial charge in [0.05, 0.1) is 4.92 Å². The molecule has 0 unspecified atom stereocenters. The monoisotopic (exact) mass is 376 g/mol. The van der Waals surface area contributed by atoms with Crippen molar-refractivity contribution in [3.05, 3.63) is 106 Å². The first-order valence-electron chi connectivity index (χ1n) is 8.85. The van der Waals surface area contributed by atoms with Crippen molar-refractivity contribution in [1.29, 1.82) is 0 Å². The molecule has 0 saturated carbocycles. The normalized spacial score (nSPS) is 10.3. The van der Waals surface area contributed by atoms with Gasteiger partial charge >= 0.3 is 5.69 Å². The Kier molecular flexibility index (Phi) is 6.36. The molecule has 0 aliphatic rings. The number of amides is 1. The van der Waals surface area contributed by atoms with E-state index in [1.165, 1.54) is 12.1 Å². The standard InChI is InChI=1S/C22H20N2O4/c25-22(17-28-21-14-8-7-13-20(21)24(26)27)23(15-18-9-3-1-4-10-18)16-19-11-5-2-6-12-19/h1-14H,15-17H2. The summed E-state index contributed by atoms with van der Waals surface area (Å²) in [5, 5.41) is 11.1. The maximum atomic E-state index is 12.8. The van der Waals surface area contributed by atoms with Crippen LogP contribution in [-0.2, 0) is 17.9 Å². The van der Waals surface area contributed by atoms with Crippen molar-refractivity contribution < 1.29 is 14.5 Å². The minimum atomic E-state index is -0.522. The van der Waals surface area contributed by atoms with Crippen LogP contribution in [0.25, 0.3) is 0 Å². The molecule has 28 heavy (non-hydrogen) atoms. The van der Waals surface area contributed by atoms with E-state index in [2.05, 4.69) is 0 Å². The molecule has 142 valence electrons. The second-order valence-corrected chi connectivity index (χ2v) is 6.23. The van der Waals surface area contributed by atoms with Crippen molar-refractivity contribution in [2.75, 3.05) is 6.61 Å². The maximum Gasteiger partial charge on any atom is 0.310 e. The number of benzene rings is 3. The molecule has 0 spiro atoms. The summed E-state index contributed by atoms with van der Waals surface area (Å²) in [6, 6.07) is 25.4. The van der Waals surface area contributed by atoms with Gasteiger partial charge in [-0.15, -0.1) is 0 Å². The van der Waals surface area contributed by atoms with Crippen molar-refractivity contribution in [3.8, 4) is 5.75 Å². The Morgan fingerprint density at radius 2 is 1.32 bits per heavy atom. The quantitative estimate of drug-likeness (QED) is 0.436. The van der Waals surface area contributed by atoms with E-state index in [0.29, 0.717) is 13.1 Å². The number of nitro groups is 1. The Labute approximate surface area is 163 Å². The second kappa shape index (κ2) is 9.32. The van der Waals surface area contributed by atoms with Crippen LogP contribution in [0, 0.1) is 10.1 Å². The van der Waals surface area contributed by atoms with Crippen molar-refractivity contribution in [2.24, 2.45) is 0 Å². The fourth-order valence-electron chi connectivity index (χ4n) is 2.80. The van der Waals surface area contributed by atoms with Gasteiger partial charge in [0, 0.05) is 19.2 Å². The fourth-order valence-corrected chi connectivity index (χ4v) is 2.80. The molecular weight excluding hydrogens is 356 g/mol. The van der Waals surface area contributed by atoms with Crippen LogP contribution in [0.4, 0.5) is 5.69 Å². The molecule has 0 bridgehead atoms. The SMILES string of the molecule is O=C(COc1ccccc1[N+](=O)[O-])N(Cc1ccccc1)Cc1ccccc1. The van der Waals surface area contributed by atoms with E-state index in [1.807, 2.05) is 60.7 Å². The van der Waals surface area contributed by atoms with Crippen molar-refractivity contribution >= 4 is 11.6 Å². The van der Waals surface area contributed by atoms with Crippen molar-refractivity contribution in [2.45, 2.75) is 13.1 Å². The average molecular weight is 376 g/mol. The van der Waals surface area contributed by atoms with Gasteiger partial charge in [-0.1, -0.05) is 72.8 Å². The van der Waals surface area contributed by atoms with Crippen LogP contribution in [-0.4, -0.2) is 22.3 Å². The molecule has 0 atom stereocenters. The Hall–Kier alpha value is -3.67. The predicted molar refractivity (Wildman–Crippen MR) is 106 cm³/mol. The molecule has 6 nitrogen and oxygen atoms in total. The zero-order valence-corrected chi connectivity index (χ0v) is 15.2. The van der Waals surface area contributed by atoms with Gasteiger partial charge in [-0.3, -0.25) is 14.9 Å². The minimum Gasteiger partial charge on any atom is -0.477 e. The molecule has 0 fully saturated rings. The third-order valence-corrected chi connectivity index (χ3v) is 4.20. The molecule has 0 aliphatic carbocycles. The third kappa shape index (κ3) is 5.17. The summed E-state index contributed by atoms with van der Waals surface area (Å²) < 4.78 is 5.48. The summed E-state index contributed by atoms with van der Waals surface area (Å²) >= 11 is 0. The molecular formula is C22H20N2O4. The maximum absolute atomic E-state index is 12.8. The number of nitro benzene ring substituents is 1. The van der Waals surface area contributed by atoms with Crippen LogP contribution < -0.4 is 4.74 Å². The van der Waals surface area contributed by atoms with E-state index >= 15 is 0 Å². The molecule has 3 aromatic carbocycles. The number of carbonyl (C=O) groups excluding carboxylic acids is 1. The van der Waals surface area contributed by atoms with Gasteiger partial charge in [-0.25, -0.2) is 0 Å². The lowest BCUT2D eigenvalue weighted by Crippen LogP contribution is -2.34. The summed E-state index contributed by atoms with van der Waals surface area (Å²) in [6.45, 7) is 0.578. The molecule has 0 aromatic heterocycles.